The maximum absolute atomic E-state index is 13.5. The second-order valence-electron chi connectivity index (χ2n) is 29.2. The van der Waals surface area contributed by atoms with E-state index < -0.39 is 124 Å². The smallest absolute Gasteiger partial charge is 0.220 e. The van der Waals surface area contributed by atoms with Gasteiger partial charge in [-0.2, -0.15) is 0 Å². The maximum Gasteiger partial charge on any atom is 0.220 e. The molecule has 19 nitrogen and oxygen atoms in total. The third kappa shape index (κ3) is 42.6. The van der Waals surface area contributed by atoms with Crippen molar-refractivity contribution in [3.8, 4) is 0 Å². The lowest BCUT2D eigenvalue weighted by atomic mass is 9.96. The molecule has 0 saturated carbocycles. The van der Waals surface area contributed by atoms with Crippen LogP contribution in [-0.2, 0) is 33.2 Å². The van der Waals surface area contributed by atoms with Crippen molar-refractivity contribution in [2.75, 3.05) is 26.4 Å². The van der Waals surface area contributed by atoms with Crippen LogP contribution in [0.4, 0.5) is 0 Å². The molecule has 17 unspecified atom stereocenters. The summed E-state index contributed by atoms with van der Waals surface area (Å²) >= 11 is 0. The Labute approximate surface area is 611 Å². The van der Waals surface area contributed by atoms with Crippen molar-refractivity contribution in [2.24, 2.45) is 0 Å². The van der Waals surface area contributed by atoms with Crippen molar-refractivity contribution in [1.29, 1.82) is 0 Å². The van der Waals surface area contributed by atoms with Gasteiger partial charge in [-0.05, 0) is 57.8 Å². The van der Waals surface area contributed by atoms with Crippen molar-refractivity contribution in [2.45, 2.75) is 426 Å². The Morgan fingerprint density at radius 3 is 1.07 bits per heavy atom. The minimum Gasteiger partial charge on any atom is -0.394 e. The third-order valence-electron chi connectivity index (χ3n) is 20.3. The van der Waals surface area contributed by atoms with Gasteiger partial charge in [-0.1, -0.05) is 319 Å². The molecule has 3 heterocycles. The van der Waals surface area contributed by atoms with Gasteiger partial charge >= 0.3 is 0 Å². The summed E-state index contributed by atoms with van der Waals surface area (Å²) in [6.45, 7) is 1.66. The molecule has 12 N–H and O–H groups in total. The van der Waals surface area contributed by atoms with Crippen molar-refractivity contribution < 1.29 is 89.4 Å². The lowest BCUT2D eigenvalue weighted by Gasteiger charge is -2.48. The van der Waals surface area contributed by atoms with E-state index in [0.29, 0.717) is 6.42 Å². The van der Waals surface area contributed by atoms with Gasteiger partial charge in [0.25, 0.3) is 0 Å². The van der Waals surface area contributed by atoms with Crippen molar-refractivity contribution >= 4 is 5.91 Å². The van der Waals surface area contributed by atoms with E-state index in [1.807, 2.05) is 6.08 Å². The van der Waals surface area contributed by atoms with Crippen LogP contribution in [0.25, 0.3) is 0 Å². The Bertz CT molecular complexity index is 2060. The number of carbonyl (C=O) groups is 1. The summed E-state index contributed by atoms with van der Waals surface area (Å²) in [7, 11) is 0. The summed E-state index contributed by atoms with van der Waals surface area (Å²) in [5.41, 5.74) is 0. The molecule has 3 fully saturated rings. The summed E-state index contributed by atoms with van der Waals surface area (Å²) in [6, 6.07) is -0.979. The normalized spacial score (nSPS) is 26.6. The van der Waals surface area contributed by atoms with Gasteiger partial charge in [0.2, 0.25) is 5.91 Å². The molecule has 0 bridgehead atoms. The molecule has 3 aliphatic rings. The Hall–Kier alpha value is -2.51. The topological polar surface area (TPSA) is 307 Å². The van der Waals surface area contributed by atoms with Crippen LogP contribution in [0.5, 0.6) is 0 Å². The van der Waals surface area contributed by atoms with E-state index >= 15 is 0 Å². The van der Waals surface area contributed by atoms with E-state index in [2.05, 4.69) is 67.8 Å². The molecule has 0 aromatic rings. The molecule has 0 radical (unpaired) electrons. The van der Waals surface area contributed by atoms with Gasteiger partial charge in [-0.25, -0.2) is 0 Å². The number of ether oxygens (including phenoxy) is 6. The lowest BCUT2D eigenvalue weighted by molar-refractivity contribution is -0.379. The standard InChI is InChI=1S/C82H149NO18/c1-3-5-7-9-11-13-15-17-19-21-23-25-27-29-30-31-32-33-34-36-37-39-41-43-45-47-49-51-53-55-57-59-66(87)65(83-70(88)60-58-56-54-52-50-48-46-44-42-40-38-35-28-26-24-22-20-18-16-14-12-10-8-6-4-2)64-96-80-76(94)73(91)78(68(62-85)98-80)101-82-77(95)74(92)79(69(63-86)99-82)100-81-75(93)72(90)71(89)67(61-84)97-81/h6,8,12,14,18,20,24,26,57,59,65-69,71-82,84-87,89-95H,3-5,7,9-11,13,15-17,19,21-23,25,27-56,58,60-64H2,1-2H3,(H,83,88)/b8-6-,14-12-,20-18-,26-24-,59-57+. The monoisotopic (exact) mass is 1440 g/mol. The number of aliphatic hydroxyl groups excluding tert-OH is 11. The highest BCUT2D eigenvalue weighted by Gasteiger charge is 2.54. The zero-order valence-electron chi connectivity index (χ0n) is 63.1. The average Bonchev–Trinajstić information content (AvgIpc) is 0.782. The molecule has 3 aliphatic heterocycles. The number of unbranched alkanes of at least 4 members (excludes halogenated alkanes) is 41. The van der Waals surface area contributed by atoms with Gasteiger partial charge in [0, 0.05) is 6.42 Å². The highest BCUT2D eigenvalue weighted by atomic mass is 16.8. The molecular weight excluding hydrogens is 1290 g/mol. The molecule has 0 aliphatic carbocycles. The van der Waals surface area contributed by atoms with Crippen molar-refractivity contribution in [3.05, 3.63) is 60.8 Å². The molecule has 19 heteroatoms. The van der Waals surface area contributed by atoms with Crippen LogP contribution in [-0.4, -0.2) is 193 Å². The van der Waals surface area contributed by atoms with Gasteiger partial charge in [0.1, 0.15) is 73.2 Å². The molecule has 0 spiro atoms. The van der Waals surface area contributed by atoms with Crippen LogP contribution in [0, 0.1) is 0 Å². The van der Waals surface area contributed by atoms with E-state index in [0.717, 1.165) is 77.0 Å². The molecular formula is C82H149NO18. The van der Waals surface area contributed by atoms with Crippen LogP contribution < -0.4 is 5.32 Å². The van der Waals surface area contributed by atoms with Crippen molar-refractivity contribution in [1.82, 2.24) is 5.32 Å². The number of carbonyl (C=O) groups excluding carboxylic acids is 1. The molecule has 3 saturated heterocycles. The van der Waals surface area contributed by atoms with Crippen LogP contribution in [0.2, 0.25) is 0 Å². The Balaban J connectivity index is 1.37. The van der Waals surface area contributed by atoms with Crippen LogP contribution in [0.3, 0.4) is 0 Å². The van der Waals surface area contributed by atoms with E-state index in [1.165, 1.54) is 218 Å². The van der Waals surface area contributed by atoms with Crippen molar-refractivity contribution in [3.63, 3.8) is 0 Å². The highest BCUT2D eigenvalue weighted by Crippen LogP contribution is 2.33. The minimum absolute atomic E-state index is 0.239. The van der Waals surface area contributed by atoms with Gasteiger partial charge in [-0.3, -0.25) is 4.79 Å². The maximum atomic E-state index is 13.5. The number of hydrogen-bond donors (Lipinski definition) is 12. The number of nitrogens with one attached hydrogen (secondary N) is 1. The molecule has 0 aromatic carbocycles. The summed E-state index contributed by atoms with van der Waals surface area (Å²) in [4.78, 5) is 13.5. The Morgan fingerprint density at radius 1 is 0.366 bits per heavy atom. The fraction of sp³-hybridized carbons (Fsp3) is 0.866. The third-order valence-corrected chi connectivity index (χ3v) is 20.3. The minimum atomic E-state index is -1.98. The molecule has 17 atom stereocenters. The summed E-state index contributed by atoms with van der Waals surface area (Å²) in [6.07, 6.45) is 53.5. The van der Waals surface area contributed by atoms with E-state index in [-0.39, 0.29) is 18.9 Å². The molecule has 1 amide bonds. The largest absolute Gasteiger partial charge is 0.394 e. The van der Waals surface area contributed by atoms with Crippen LogP contribution >= 0.6 is 0 Å². The first-order valence-corrected chi connectivity index (χ1v) is 41.0. The first-order valence-electron chi connectivity index (χ1n) is 41.0. The quantitative estimate of drug-likeness (QED) is 0.0199. The number of hydrogen-bond acceptors (Lipinski definition) is 18. The number of allylic oxidation sites excluding steroid dienone is 9. The summed E-state index contributed by atoms with van der Waals surface area (Å²) in [5.74, 6) is -0.275. The molecule has 101 heavy (non-hydrogen) atoms. The second kappa shape index (κ2) is 62.5. The van der Waals surface area contributed by atoms with Crippen LogP contribution in [0.1, 0.15) is 322 Å². The SMILES string of the molecule is CC/C=C\C/C=C\C/C=C\C/C=C\CCCCCCCCCCCCCCC(=O)NC(COC1OC(CO)C(OC2OC(CO)C(OC3OC(CO)C(O)C(O)C3O)C(O)C2O)C(O)C1O)C(O)/C=C/CCCCCCCCCCCCCCCCCCCCCCCCCCCCCCC. The Morgan fingerprint density at radius 2 is 0.683 bits per heavy atom. The fourth-order valence-corrected chi connectivity index (χ4v) is 13.8. The summed E-state index contributed by atoms with van der Waals surface area (Å²) in [5, 5.41) is 121. The predicted octanol–water partition coefficient (Wildman–Crippen LogP) is 13.8. The first-order chi connectivity index (χ1) is 49.3. The molecule has 0 aromatic heterocycles. The number of rotatable bonds is 65. The lowest BCUT2D eigenvalue weighted by Crippen LogP contribution is -2.66. The van der Waals surface area contributed by atoms with E-state index in [9.17, 15) is 61.0 Å². The predicted molar refractivity (Wildman–Crippen MR) is 402 cm³/mol. The highest BCUT2D eigenvalue weighted by molar-refractivity contribution is 5.76. The first kappa shape index (κ1) is 92.7. The van der Waals surface area contributed by atoms with E-state index in [4.69, 9.17) is 28.4 Å². The van der Waals surface area contributed by atoms with Gasteiger partial charge in [0.15, 0.2) is 18.9 Å². The molecule has 590 valence electrons. The number of amides is 1. The average molecular weight is 1440 g/mol. The molecule has 3 rings (SSSR count). The number of aliphatic hydroxyl groups is 11. The van der Waals surface area contributed by atoms with E-state index in [1.54, 1.807) is 6.08 Å². The summed E-state index contributed by atoms with van der Waals surface area (Å²) < 4.78 is 34.5. The Kier molecular flexibility index (Phi) is 57.4. The van der Waals surface area contributed by atoms with Gasteiger partial charge in [-0.15, -0.1) is 0 Å². The fourth-order valence-electron chi connectivity index (χ4n) is 13.8. The van der Waals surface area contributed by atoms with Crippen LogP contribution in [0.15, 0.2) is 60.8 Å². The zero-order valence-corrected chi connectivity index (χ0v) is 63.1. The van der Waals surface area contributed by atoms with Gasteiger partial charge in [0.05, 0.1) is 38.6 Å². The van der Waals surface area contributed by atoms with Gasteiger partial charge < -0.3 is 89.9 Å². The second-order valence-corrected chi connectivity index (χ2v) is 29.2. The zero-order chi connectivity index (χ0) is 73.2.